The van der Waals surface area contributed by atoms with Gasteiger partial charge in [0.1, 0.15) is 0 Å². The molecule has 0 aromatic rings. The Labute approximate surface area is 109 Å². The summed E-state index contributed by atoms with van der Waals surface area (Å²) in [4.78, 5) is 14.1. The molecule has 1 fully saturated rings. The van der Waals surface area contributed by atoms with Crippen molar-refractivity contribution in [3.8, 4) is 0 Å². The highest BCUT2D eigenvalue weighted by molar-refractivity contribution is 8.00. The smallest absolute Gasteiger partial charge is 0.236 e. The Morgan fingerprint density at radius 1 is 1.56 bits per heavy atom. The van der Waals surface area contributed by atoms with Gasteiger partial charge in [-0.2, -0.15) is 0 Å². The molecule has 2 N–H and O–H groups in total. The lowest BCUT2D eigenvalue weighted by Gasteiger charge is -2.25. The summed E-state index contributed by atoms with van der Waals surface area (Å²) >= 11 is 1.75. The van der Waals surface area contributed by atoms with Gasteiger partial charge >= 0.3 is 0 Å². The van der Waals surface area contributed by atoms with Crippen LogP contribution in [0.15, 0.2) is 0 Å². The summed E-state index contributed by atoms with van der Waals surface area (Å²) in [7, 11) is 0. The van der Waals surface area contributed by atoms with E-state index in [-0.39, 0.29) is 29.6 Å². The number of hydrogen-bond acceptors (Lipinski definition) is 3. The van der Waals surface area contributed by atoms with Gasteiger partial charge in [0, 0.05) is 19.1 Å². The van der Waals surface area contributed by atoms with Crippen molar-refractivity contribution in [2.45, 2.75) is 38.5 Å². The predicted octanol–water partition coefficient (Wildman–Crippen LogP) is 1.75. The summed E-state index contributed by atoms with van der Waals surface area (Å²) in [6, 6.07) is 0.188. The van der Waals surface area contributed by atoms with Crippen LogP contribution >= 0.6 is 24.2 Å². The number of amides is 1. The van der Waals surface area contributed by atoms with Crippen molar-refractivity contribution in [1.29, 1.82) is 0 Å². The third-order valence-corrected chi connectivity index (χ3v) is 4.17. The lowest BCUT2D eigenvalue weighted by atomic mass is 10.1. The molecule has 0 aromatic heterocycles. The first kappa shape index (κ1) is 16.1. The highest BCUT2D eigenvalue weighted by Crippen LogP contribution is 2.23. The maximum Gasteiger partial charge on any atom is 0.236 e. The van der Waals surface area contributed by atoms with Gasteiger partial charge < -0.3 is 10.6 Å². The molecule has 16 heavy (non-hydrogen) atoms. The van der Waals surface area contributed by atoms with Crippen LogP contribution in [0.25, 0.3) is 0 Å². The predicted molar refractivity (Wildman–Crippen MR) is 73.2 cm³/mol. The third kappa shape index (κ3) is 4.15. The van der Waals surface area contributed by atoms with Crippen LogP contribution in [0.1, 0.15) is 27.2 Å². The van der Waals surface area contributed by atoms with E-state index >= 15 is 0 Å². The van der Waals surface area contributed by atoms with Crippen molar-refractivity contribution in [1.82, 2.24) is 4.90 Å². The van der Waals surface area contributed by atoms with Crippen LogP contribution in [0.4, 0.5) is 0 Å². The highest BCUT2D eigenvalue weighted by atomic mass is 35.5. The summed E-state index contributed by atoms with van der Waals surface area (Å²) in [5, 5.41) is 0.111. The van der Waals surface area contributed by atoms with Gasteiger partial charge in [0.15, 0.2) is 0 Å². The van der Waals surface area contributed by atoms with Gasteiger partial charge in [-0.25, -0.2) is 0 Å². The number of carbonyl (C=O) groups excluding carboxylic acids is 1. The third-order valence-electron chi connectivity index (χ3n) is 2.73. The van der Waals surface area contributed by atoms with Gasteiger partial charge in [-0.3, -0.25) is 4.79 Å². The van der Waals surface area contributed by atoms with Crippen LogP contribution in [0.3, 0.4) is 0 Å². The number of halogens is 1. The first-order valence-electron chi connectivity index (χ1n) is 5.72. The topological polar surface area (TPSA) is 46.3 Å². The average Bonchev–Trinajstić information content (AvgIpc) is 2.59. The quantitative estimate of drug-likeness (QED) is 0.843. The molecular formula is C11H23ClN2OS. The second-order valence-electron chi connectivity index (χ2n) is 4.45. The van der Waals surface area contributed by atoms with Gasteiger partial charge in [0.25, 0.3) is 0 Å². The zero-order valence-electron chi connectivity index (χ0n) is 10.3. The van der Waals surface area contributed by atoms with Gasteiger partial charge in [-0.1, -0.05) is 20.8 Å². The lowest BCUT2D eigenvalue weighted by Crippen LogP contribution is -2.40. The number of carbonyl (C=O) groups is 1. The minimum atomic E-state index is 0. The van der Waals surface area contributed by atoms with Crippen LogP contribution in [0, 0.1) is 5.92 Å². The minimum absolute atomic E-state index is 0. The van der Waals surface area contributed by atoms with Crippen molar-refractivity contribution < 1.29 is 4.79 Å². The summed E-state index contributed by atoms with van der Waals surface area (Å²) in [6.45, 7) is 7.91. The summed E-state index contributed by atoms with van der Waals surface area (Å²) < 4.78 is 0. The van der Waals surface area contributed by atoms with Crippen molar-refractivity contribution in [2.75, 3.05) is 18.8 Å². The van der Waals surface area contributed by atoms with Crippen LogP contribution in [-0.4, -0.2) is 40.9 Å². The molecule has 0 bridgehead atoms. The van der Waals surface area contributed by atoms with Gasteiger partial charge in [0.05, 0.1) is 5.25 Å². The van der Waals surface area contributed by atoms with Crippen molar-refractivity contribution in [2.24, 2.45) is 11.7 Å². The van der Waals surface area contributed by atoms with Crippen LogP contribution in [-0.2, 0) is 4.79 Å². The van der Waals surface area contributed by atoms with Crippen LogP contribution < -0.4 is 5.73 Å². The molecule has 1 heterocycles. The molecule has 96 valence electrons. The molecule has 0 aliphatic carbocycles. The monoisotopic (exact) mass is 266 g/mol. The molecule has 0 saturated carbocycles. The molecule has 0 radical (unpaired) electrons. The fourth-order valence-electron chi connectivity index (χ4n) is 1.90. The van der Waals surface area contributed by atoms with E-state index < -0.39 is 0 Å². The van der Waals surface area contributed by atoms with Crippen LogP contribution in [0.5, 0.6) is 0 Å². The molecule has 1 aliphatic rings. The Bertz CT molecular complexity index is 226. The van der Waals surface area contributed by atoms with E-state index in [9.17, 15) is 4.79 Å². The Kier molecular flexibility index (Phi) is 7.44. The second-order valence-corrected chi connectivity index (χ2v) is 5.87. The second kappa shape index (κ2) is 7.41. The number of rotatable bonds is 4. The lowest BCUT2D eigenvalue weighted by molar-refractivity contribution is -0.130. The molecular weight excluding hydrogens is 244 g/mol. The van der Waals surface area contributed by atoms with Crippen molar-refractivity contribution in [3.63, 3.8) is 0 Å². The Hall–Kier alpha value is 0.0700. The zero-order valence-corrected chi connectivity index (χ0v) is 11.9. The Balaban J connectivity index is 0.00000225. The first-order valence-corrected chi connectivity index (χ1v) is 6.77. The SMILES string of the molecule is CCSC(C(=O)N1CC[C@@H](N)C1)C(C)C.Cl. The van der Waals surface area contributed by atoms with E-state index in [2.05, 4.69) is 20.8 Å². The Morgan fingerprint density at radius 2 is 2.19 bits per heavy atom. The van der Waals surface area contributed by atoms with E-state index in [4.69, 9.17) is 5.73 Å². The molecule has 1 rings (SSSR count). The number of likely N-dealkylation sites (tertiary alicyclic amines) is 1. The van der Waals surface area contributed by atoms with E-state index in [0.717, 1.165) is 25.3 Å². The maximum absolute atomic E-state index is 12.2. The summed E-state index contributed by atoms with van der Waals surface area (Å²) in [5.41, 5.74) is 5.81. The van der Waals surface area contributed by atoms with Gasteiger partial charge in [-0.05, 0) is 18.1 Å². The molecule has 1 unspecified atom stereocenters. The number of hydrogen-bond donors (Lipinski definition) is 1. The maximum atomic E-state index is 12.2. The highest BCUT2D eigenvalue weighted by Gasteiger charge is 2.30. The molecule has 2 atom stereocenters. The Morgan fingerprint density at radius 3 is 2.56 bits per heavy atom. The molecule has 0 spiro atoms. The van der Waals surface area contributed by atoms with E-state index in [1.165, 1.54) is 0 Å². The summed E-state index contributed by atoms with van der Waals surface area (Å²) in [5.74, 6) is 1.68. The fourth-order valence-corrected chi connectivity index (χ4v) is 2.93. The molecule has 1 saturated heterocycles. The summed E-state index contributed by atoms with van der Waals surface area (Å²) in [6.07, 6.45) is 0.952. The normalized spacial score (nSPS) is 22.1. The molecule has 1 amide bonds. The molecule has 1 aliphatic heterocycles. The zero-order chi connectivity index (χ0) is 11.4. The number of nitrogens with two attached hydrogens (primary N) is 1. The number of thioether (sulfide) groups is 1. The van der Waals surface area contributed by atoms with E-state index in [0.29, 0.717) is 5.92 Å². The molecule has 3 nitrogen and oxygen atoms in total. The van der Waals surface area contributed by atoms with Crippen molar-refractivity contribution >= 4 is 30.1 Å². The standard InChI is InChI=1S/C11H22N2OS.ClH/c1-4-15-10(8(2)3)11(14)13-6-5-9(12)7-13;/h8-10H,4-7,12H2,1-3H3;1H/t9-,10?;/m1./s1. The average molecular weight is 267 g/mol. The van der Waals surface area contributed by atoms with Crippen LogP contribution in [0.2, 0.25) is 0 Å². The van der Waals surface area contributed by atoms with Crippen molar-refractivity contribution in [3.05, 3.63) is 0 Å². The van der Waals surface area contributed by atoms with Gasteiger partial charge in [0.2, 0.25) is 5.91 Å². The number of nitrogens with zero attached hydrogens (tertiary/aromatic N) is 1. The van der Waals surface area contributed by atoms with E-state index in [1.807, 2.05) is 4.90 Å². The molecule has 0 aromatic carbocycles. The van der Waals surface area contributed by atoms with Gasteiger partial charge in [-0.15, -0.1) is 24.2 Å². The first-order chi connectivity index (χ1) is 7.06. The largest absolute Gasteiger partial charge is 0.340 e. The minimum Gasteiger partial charge on any atom is -0.340 e. The van der Waals surface area contributed by atoms with E-state index in [1.54, 1.807) is 11.8 Å². The molecule has 5 heteroatoms. The fraction of sp³-hybridized carbons (Fsp3) is 0.909.